The normalized spacial score (nSPS) is 10.9. The van der Waals surface area contributed by atoms with Gasteiger partial charge in [0.1, 0.15) is 5.78 Å². The zero-order chi connectivity index (χ0) is 16.6. The van der Waals surface area contributed by atoms with Crippen LogP contribution in [-0.4, -0.2) is 31.4 Å². The third-order valence-corrected chi connectivity index (χ3v) is 3.70. The first kappa shape index (κ1) is 21.1. The molecule has 0 aliphatic carbocycles. The predicted molar refractivity (Wildman–Crippen MR) is 90.9 cm³/mol. The summed E-state index contributed by atoms with van der Waals surface area (Å²) in [7, 11) is 0. The molecule has 0 aromatic rings. The lowest BCUT2D eigenvalue weighted by atomic mass is 10.0. The first-order valence-corrected chi connectivity index (χ1v) is 8.89. The Balaban J connectivity index is 3.08. The molecular weight excluding hydrogens is 278 g/mol. The zero-order valence-corrected chi connectivity index (χ0v) is 14.8. The van der Waals surface area contributed by atoms with Gasteiger partial charge in [-0.25, -0.2) is 0 Å². The summed E-state index contributed by atoms with van der Waals surface area (Å²) in [5, 5.41) is 2.81. The van der Waals surface area contributed by atoms with Crippen molar-refractivity contribution in [2.75, 3.05) is 19.8 Å². The van der Waals surface area contributed by atoms with Gasteiger partial charge in [-0.1, -0.05) is 39.5 Å². The molecule has 0 radical (unpaired) electrons. The molecule has 130 valence electrons. The molecule has 1 N–H and O–H groups in total. The summed E-state index contributed by atoms with van der Waals surface area (Å²) >= 11 is 0. The monoisotopic (exact) mass is 313 g/mol. The van der Waals surface area contributed by atoms with Crippen molar-refractivity contribution in [3.8, 4) is 0 Å². The molecule has 22 heavy (non-hydrogen) atoms. The minimum Gasteiger partial charge on any atom is -0.381 e. The number of rotatable bonds is 15. The number of carbonyl (C=O) groups excluding carboxylic acids is 2. The van der Waals surface area contributed by atoms with Crippen LogP contribution in [0.5, 0.6) is 0 Å². The molecule has 4 nitrogen and oxygen atoms in total. The van der Waals surface area contributed by atoms with Crippen LogP contribution in [0.15, 0.2) is 0 Å². The van der Waals surface area contributed by atoms with Crippen LogP contribution in [0.4, 0.5) is 0 Å². The van der Waals surface area contributed by atoms with E-state index in [9.17, 15) is 9.59 Å². The van der Waals surface area contributed by atoms with Crippen molar-refractivity contribution >= 4 is 11.7 Å². The molecular formula is C18H35NO3. The summed E-state index contributed by atoms with van der Waals surface area (Å²) in [5.74, 6) is 0.607. The number of ketones is 1. The summed E-state index contributed by atoms with van der Waals surface area (Å²) in [4.78, 5) is 22.1. The number of carbonyl (C=O) groups is 2. The fraction of sp³-hybridized carbons (Fsp3) is 0.889. The second-order valence-electron chi connectivity index (χ2n) is 6.29. The highest BCUT2D eigenvalue weighted by Gasteiger charge is 2.05. The van der Waals surface area contributed by atoms with Crippen LogP contribution in [0.3, 0.4) is 0 Å². The van der Waals surface area contributed by atoms with Crippen molar-refractivity contribution in [1.82, 2.24) is 5.32 Å². The maximum Gasteiger partial charge on any atom is 0.216 e. The van der Waals surface area contributed by atoms with Gasteiger partial charge in [0.25, 0.3) is 0 Å². The lowest BCUT2D eigenvalue weighted by molar-refractivity contribution is -0.122. The molecule has 1 amide bonds. The molecule has 0 atom stereocenters. The van der Waals surface area contributed by atoms with E-state index in [1.165, 1.54) is 19.3 Å². The minimum absolute atomic E-state index is 0.0574. The van der Waals surface area contributed by atoms with E-state index in [-0.39, 0.29) is 11.8 Å². The number of hydrogen-bond donors (Lipinski definition) is 1. The third kappa shape index (κ3) is 15.5. The molecule has 0 saturated heterocycles. The fourth-order valence-electron chi connectivity index (χ4n) is 2.19. The summed E-state index contributed by atoms with van der Waals surface area (Å²) in [6.07, 6.45) is 9.61. The van der Waals surface area contributed by atoms with Crippen LogP contribution in [0.2, 0.25) is 0 Å². The SMILES string of the molecule is CC(=O)NCCCCCCCOCCCCCC(=O)C(C)C. The topological polar surface area (TPSA) is 55.4 Å². The first-order valence-electron chi connectivity index (χ1n) is 8.89. The molecule has 0 unspecified atom stereocenters. The highest BCUT2D eigenvalue weighted by atomic mass is 16.5. The van der Waals surface area contributed by atoms with Crippen molar-refractivity contribution < 1.29 is 14.3 Å². The molecule has 0 bridgehead atoms. The summed E-state index contributed by atoms with van der Waals surface area (Å²) < 4.78 is 5.61. The van der Waals surface area contributed by atoms with Crippen molar-refractivity contribution in [2.24, 2.45) is 5.92 Å². The van der Waals surface area contributed by atoms with E-state index in [0.717, 1.165) is 58.3 Å². The van der Waals surface area contributed by atoms with E-state index in [2.05, 4.69) is 5.32 Å². The molecule has 0 fully saturated rings. The van der Waals surface area contributed by atoms with Gasteiger partial charge in [-0.15, -0.1) is 0 Å². The van der Waals surface area contributed by atoms with Gasteiger partial charge in [0, 0.05) is 39.0 Å². The second-order valence-corrected chi connectivity index (χ2v) is 6.29. The van der Waals surface area contributed by atoms with Crippen molar-refractivity contribution in [2.45, 2.75) is 78.6 Å². The number of ether oxygens (including phenoxy) is 1. The summed E-state index contributed by atoms with van der Waals surface area (Å²) in [6.45, 7) is 7.94. The molecule has 0 rings (SSSR count). The Morgan fingerprint density at radius 3 is 2.00 bits per heavy atom. The average Bonchev–Trinajstić information content (AvgIpc) is 2.46. The average molecular weight is 313 g/mol. The van der Waals surface area contributed by atoms with Crippen LogP contribution in [0.1, 0.15) is 78.6 Å². The van der Waals surface area contributed by atoms with Crippen LogP contribution in [0, 0.1) is 5.92 Å². The Labute approximate surface area is 136 Å². The van der Waals surface area contributed by atoms with Crippen LogP contribution >= 0.6 is 0 Å². The Morgan fingerprint density at radius 1 is 0.864 bits per heavy atom. The van der Waals surface area contributed by atoms with Crippen molar-refractivity contribution in [3.63, 3.8) is 0 Å². The lowest BCUT2D eigenvalue weighted by Gasteiger charge is -2.06. The predicted octanol–water partition coefficient (Wildman–Crippen LogP) is 3.88. The molecule has 0 saturated carbocycles. The molecule has 0 spiro atoms. The van der Waals surface area contributed by atoms with E-state index in [4.69, 9.17) is 4.74 Å². The standard InChI is InChI=1S/C18H35NO3/c1-16(2)18(21)12-8-7-11-15-22-14-10-6-4-5-9-13-19-17(3)20/h16H,4-15H2,1-3H3,(H,19,20). The van der Waals surface area contributed by atoms with Crippen LogP contribution in [-0.2, 0) is 14.3 Å². The van der Waals surface area contributed by atoms with Crippen LogP contribution in [0.25, 0.3) is 0 Å². The number of nitrogens with one attached hydrogen (secondary N) is 1. The molecule has 0 aliphatic heterocycles. The first-order chi connectivity index (χ1) is 10.5. The highest BCUT2D eigenvalue weighted by Crippen LogP contribution is 2.07. The van der Waals surface area contributed by atoms with Gasteiger partial charge < -0.3 is 10.1 Å². The number of unbranched alkanes of at least 4 members (excludes halogenated alkanes) is 6. The Hall–Kier alpha value is -0.900. The van der Waals surface area contributed by atoms with Gasteiger partial charge in [0.15, 0.2) is 0 Å². The van der Waals surface area contributed by atoms with Crippen molar-refractivity contribution in [3.05, 3.63) is 0 Å². The Bertz CT molecular complexity index is 290. The third-order valence-electron chi connectivity index (χ3n) is 3.70. The van der Waals surface area contributed by atoms with E-state index >= 15 is 0 Å². The second kappa shape index (κ2) is 15.0. The largest absolute Gasteiger partial charge is 0.381 e. The maximum absolute atomic E-state index is 11.4. The Kier molecular flexibility index (Phi) is 14.4. The van der Waals surface area contributed by atoms with Gasteiger partial charge in [0.2, 0.25) is 5.91 Å². The van der Waals surface area contributed by atoms with Gasteiger partial charge in [0.05, 0.1) is 0 Å². The molecule has 0 heterocycles. The highest BCUT2D eigenvalue weighted by molar-refractivity contribution is 5.80. The maximum atomic E-state index is 11.4. The van der Waals surface area contributed by atoms with Gasteiger partial charge >= 0.3 is 0 Å². The number of Topliss-reactive ketones (excluding diaryl/α,β-unsaturated/α-hetero) is 1. The quantitative estimate of drug-likeness (QED) is 0.467. The van der Waals surface area contributed by atoms with Crippen molar-refractivity contribution in [1.29, 1.82) is 0 Å². The Morgan fingerprint density at radius 2 is 1.41 bits per heavy atom. The fourth-order valence-corrected chi connectivity index (χ4v) is 2.19. The minimum atomic E-state index is 0.0574. The van der Waals surface area contributed by atoms with E-state index in [0.29, 0.717) is 5.78 Å². The van der Waals surface area contributed by atoms with Gasteiger partial charge in [-0.05, 0) is 25.7 Å². The summed E-state index contributed by atoms with van der Waals surface area (Å²) in [6, 6.07) is 0. The smallest absolute Gasteiger partial charge is 0.216 e. The van der Waals surface area contributed by atoms with E-state index in [1.54, 1.807) is 6.92 Å². The van der Waals surface area contributed by atoms with E-state index in [1.807, 2.05) is 13.8 Å². The molecule has 4 heteroatoms. The number of amides is 1. The van der Waals surface area contributed by atoms with Gasteiger partial charge in [-0.2, -0.15) is 0 Å². The van der Waals surface area contributed by atoms with Gasteiger partial charge in [-0.3, -0.25) is 9.59 Å². The molecule has 0 aromatic heterocycles. The lowest BCUT2D eigenvalue weighted by Crippen LogP contribution is -2.20. The van der Waals surface area contributed by atoms with E-state index < -0.39 is 0 Å². The summed E-state index contributed by atoms with van der Waals surface area (Å²) in [5.41, 5.74) is 0. The zero-order valence-electron chi connectivity index (χ0n) is 14.8. The van der Waals surface area contributed by atoms with Crippen LogP contribution < -0.4 is 5.32 Å². The molecule has 0 aliphatic rings. The molecule has 0 aromatic carbocycles. The number of hydrogen-bond acceptors (Lipinski definition) is 3.